The Bertz CT molecular complexity index is 1260. The van der Waals surface area contributed by atoms with Crippen LogP contribution in [0.2, 0.25) is 0 Å². The van der Waals surface area contributed by atoms with E-state index in [9.17, 15) is 9.59 Å². The van der Waals surface area contributed by atoms with Crippen molar-refractivity contribution in [2.24, 2.45) is 0 Å². The number of nitrogens with zero attached hydrogens (tertiary/aromatic N) is 1. The smallest absolute Gasteiger partial charge is 0.293 e. The fraction of sp³-hybridized carbons (Fsp3) is 0.185. The normalized spacial score (nSPS) is 14.8. The zero-order chi connectivity index (χ0) is 23.4. The summed E-state index contributed by atoms with van der Waals surface area (Å²) in [5.74, 6) is 0.954. The highest BCUT2D eigenvalue weighted by atomic mass is 32.2. The first kappa shape index (κ1) is 22.7. The molecule has 1 saturated heterocycles. The van der Waals surface area contributed by atoms with Crippen LogP contribution >= 0.6 is 11.8 Å². The lowest BCUT2D eigenvalue weighted by molar-refractivity contribution is -0.123. The first-order valence-corrected chi connectivity index (χ1v) is 11.5. The van der Waals surface area contributed by atoms with Crippen LogP contribution in [0.1, 0.15) is 23.6 Å². The van der Waals surface area contributed by atoms with E-state index in [1.807, 2.05) is 61.5 Å². The number of carbonyl (C=O) groups is 2. The number of methoxy groups -OCH3 is 1. The standard InChI is InChI=1S/C27H25NO4S/c1-4-9-20-14-18(15-23(32-5-2)25(20)31-3)16-24-26(29)28(27(30)33-24)17-21-12-8-11-19-10-6-7-13-22(19)21/h4,6-8,10-16H,1,5,9,17H2,2-3H3/b24-16-. The Labute approximate surface area is 197 Å². The van der Waals surface area contributed by atoms with Gasteiger partial charge in [-0.25, -0.2) is 0 Å². The number of allylic oxidation sites excluding steroid dienone is 1. The Hall–Kier alpha value is -3.51. The van der Waals surface area contributed by atoms with Crippen molar-refractivity contribution < 1.29 is 19.1 Å². The summed E-state index contributed by atoms with van der Waals surface area (Å²) < 4.78 is 11.3. The quantitative estimate of drug-likeness (QED) is 0.296. The van der Waals surface area contributed by atoms with E-state index in [0.29, 0.717) is 29.4 Å². The van der Waals surface area contributed by atoms with E-state index >= 15 is 0 Å². The molecule has 0 spiro atoms. The molecule has 0 radical (unpaired) electrons. The molecule has 0 aliphatic carbocycles. The molecule has 0 aromatic heterocycles. The van der Waals surface area contributed by atoms with Gasteiger partial charge in [-0.05, 0) is 65.2 Å². The minimum absolute atomic E-state index is 0.234. The Kier molecular flexibility index (Phi) is 6.84. The number of carbonyl (C=O) groups excluding carboxylic acids is 2. The van der Waals surface area contributed by atoms with Crippen molar-refractivity contribution in [3.05, 3.63) is 88.8 Å². The van der Waals surface area contributed by atoms with Crippen LogP contribution in [0.5, 0.6) is 11.5 Å². The highest BCUT2D eigenvalue weighted by Gasteiger charge is 2.35. The maximum absolute atomic E-state index is 13.1. The molecule has 0 atom stereocenters. The summed E-state index contributed by atoms with van der Waals surface area (Å²) in [5.41, 5.74) is 2.61. The van der Waals surface area contributed by atoms with Crippen molar-refractivity contribution in [1.82, 2.24) is 4.90 Å². The Balaban J connectivity index is 1.65. The summed E-state index contributed by atoms with van der Waals surface area (Å²) in [7, 11) is 1.60. The summed E-state index contributed by atoms with van der Waals surface area (Å²) in [4.78, 5) is 27.6. The molecule has 1 fully saturated rings. The van der Waals surface area contributed by atoms with Crippen LogP contribution in [0.4, 0.5) is 4.79 Å². The molecule has 0 saturated carbocycles. The van der Waals surface area contributed by atoms with E-state index in [1.54, 1.807) is 19.3 Å². The molecule has 6 heteroatoms. The molecule has 1 aliphatic rings. The first-order valence-electron chi connectivity index (χ1n) is 10.7. The molecular formula is C27H25NO4S. The highest BCUT2D eigenvalue weighted by Crippen LogP contribution is 2.38. The third-order valence-corrected chi connectivity index (χ3v) is 6.31. The molecule has 0 bridgehead atoms. The largest absolute Gasteiger partial charge is 0.493 e. The molecule has 1 heterocycles. The average molecular weight is 460 g/mol. The van der Waals surface area contributed by atoms with Crippen molar-refractivity contribution in [2.45, 2.75) is 19.9 Å². The summed E-state index contributed by atoms with van der Waals surface area (Å²) in [6, 6.07) is 17.6. The van der Waals surface area contributed by atoms with Crippen LogP contribution in [0.15, 0.2) is 72.2 Å². The minimum atomic E-state index is -0.294. The molecule has 3 aromatic rings. The number of hydrogen-bond donors (Lipinski definition) is 0. The van der Waals surface area contributed by atoms with Crippen molar-refractivity contribution in [2.75, 3.05) is 13.7 Å². The highest BCUT2D eigenvalue weighted by molar-refractivity contribution is 8.18. The van der Waals surface area contributed by atoms with Crippen LogP contribution in [0.3, 0.4) is 0 Å². The number of ether oxygens (including phenoxy) is 2. The molecule has 3 aromatic carbocycles. The van der Waals surface area contributed by atoms with Gasteiger partial charge in [0.15, 0.2) is 11.5 Å². The van der Waals surface area contributed by atoms with Crippen LogP contribution in [0, 0.1) is 0 Å². The molecule has 4 rings (SSSR count). The number of amides is 2. The fourth-order valence-electron chi connectivity index (χ4n) is 3.96. The Morgan fingerprint density at radius 2 is 1.85 bits per heavy atom. The summed E-state index contributed by atoms with van der Waals surface area (Å²) in [6.45, 7) is 6.43. The van der Waals surface area contributed by atoms with E-state index in [2.05, 4.69) is 6.58 Å². The molecule has 0 N–H and O–H groups in total. The molecular weight excluding hydrogens is 434 g/mol. The lowest BCUT2D eigenvalue weighted by atomic mass is 10.0. The molecule has 5 nitrogen and oxygen atoms in total. The number of rotatable bonds is 8. The van der Waals surface area contributed by atoms with Gasteiger partial charge in [0, 0.05) is 5.56 Å². The van der Waals surface area contributed by atoms with Gasteiger partial charge < -0.3 is 9.47 Å². The lowest BCUT2D eigenvalue weighted by Crippen LogP contribution is -2.27. The number of thioether (sulfide) groups is 1. The van der Waals surface area contributed by atoms with Gasteiger partial charge in [0.05, 0.1) is 25.2 Å². The maximum Gasteiger partial charge on any atom is 0.293 e. The Morgan fingerprint density at radius 3 is 2.61 bits per heavy atom. The third kappa shape index (κ3) is 4.66. The van der Waals surface area contributed by atoms with Crippen molar-refractivity contribution in [3.63, 3.8) is 0 Å². The van der Waals surface area contributed by atoms with Crippen LogP contribution < -0.4 is 9.47 Å². The minimum Gasteiger partial charge on any atom is -0.493 e. The predicted octanol–water partition coefficient (Wildman–Crippen LogP) is 6.21. The second kappa shape index (κ2) is 9.96. The van der Waals surface area contributed by atoms with Gasteiger partial charge in [-0.1, -0.05) is 48.5 Å². The summed E-state index contributed by atoms with van der Waals surface area (Å²) in [6.07, 6.45) is 4.12. The number of fused-ring (bicyclic) bond motifs is 1. The second-order valence-electron chi connectivity index (χ2n) is 7.54. The number of hydrogen-bond acceptors (Lipinski definition) is 5. The predicted molar refractivity (Wildman–Crippen MR) is 134 cm³/mol. The second-order valence-corrected chi connectivity index (χ2v) is 8.54. The van der Waals surface area contributed by atoms with Crippen molar-refractivity contribution >= 4 is 39.8 Å². The zero-order valence-electron chi connectivity index (χ0n) is 18.7. The van der Waals surface area contributed by atoms with Crippen LogP contribution in [-0.2, 0) is 17.8 Å². The average Bonchev–Trinajstić information content (AvgIpc) is 3.07. The molecule has 0 unspecified atom stereocenters. The van der Waals surface area contributed by atoms with Gasteiger partial charge >= 0.3 is 0 Å². The van der Waals surface area contributed by atoms with E-state index in [-0.39, 0.29) is 17.7 Å². The van der Waals surface area contributed by atoms with Crippen LogP contribution in [0.25, 0.3) is 16.8 Å². The third-order valence-electron chi connectivity index (χ3n) is 5.40. The maximum atomic E-state index is 13.1. The fourth-order valence-corrected chi connectivity index (χ4v) is 4.80. The topological polar surface area (TPSA) is 55.8 Å². The SMILES string of the molecule is C=CCc1cc(/C=C2\SC(=O)N(Cc3cccc4ccccc34)C2=O)cc(OCC)c1OC. The summed E-state index contributed by atoms with van der Waals surface area (Å²) >= 11 is 0.956. The van der Waals surface area contributed by atoms with E-state index in [4.69, 9.17) is 9.47 Å². The van der Waals surface area contributed by atoms with Crippen molar-refractivity contribution in [1.29, 1.82) is 0 Å². The molecule has 168 valence electrons. The van der Waals surface area contributed by atoms with E-state index < -0.39 is 0 Å². The van der Waals surface area contributed by atoms with Gasteiger partial charge in [-0.3, -0.25) is 14.5 Å². The summed E-state index contributed by atoms with van der Waals surface area (Å²) in [5, 5.41) is 1.84. The lowest BCUT2D eigenvalue weighted by Gasteiger charge is -2.15. The van der Waals surface area contributed by atoms with E-state index in [1.165, 1.54) is 4.90 Å². The first-order chi connectivity index (χ1) is 16.0. The van der Waals surface area contributed by atoms with E-state index in [0.717, 1.165) is 39.2 Å². The van der Waals surface area contributed by atoms with Gasteiger partial charge in [-0.15, -0.1) is 6.58 Å². The van der Waals surface area contributed by atoms with Crippen LogP contribution in [-0.4, -0.2) is 29.8 Å². The molecule has 1 aliphatic heterocycles. The van der Waals surface area contributed by atoms with Gasteiger partial charge in [0.25, 0.3) is 11.1 Å². The molecule has 2 amide bonds. The van der Waals surface area contributed by atoms with Gasteiger partial charge in [0.2, 0.25) is 0 Å². The number of imide groups is 1. The van der Waals surface area contributed by atoms with Gasteiger partial charge in [-0.2, -0.15) is 0 Å². The number of benzene rings is 3. The Morgan fingerprint density at radius 1 is 1.06 bits per heavy atom. The monoisotopic (exact) mass is 459 g/mol. The zero-order valence-corrected chi connectivity index (χ0v) is 19.5. The van der Waals surface area contributed by atoms with Gasteiger partial charge in [0.1, 0.15) is 0 Å². The molecule has 33 heavy (non-hydrogen) atoms. The van der Waals surface area contributed by atoms with Crippen molar-refractivity contribution in [3.8, 4) is 11.5 Å².